The molecule has 0 aliphatic carbocycles. The summed E-state index contributed by atoms with van der Waals surface area (Å²) in [6.45, 7) is 4.78. The van der Waals surface area contributed by atoms with Crippen LogP contribution in [0.15, 0.2) is 59.5 Å². The van der Waals surface area contributed by atoms with Gasteiger partial charge in [-0.25, -0.2) is 17.6 Å². The first kappa shape index (κ1) is 28.4. The molecule has 2 aromatic rings. The number of amides is 1. The number of carbonyl (C=O) groups excluding carboxylic acids is 1. The third kappa shape index (κ3) is 7.09. The molecule has 2 fully saturated rings. The fourth-order valence-electron chi connectivity index (χ4n) is 4.84. The van der Waals surface area contributed by atoms with Gasteiger partial charge >= 0.3 is 6.09 Å². The molecule has 2 saturated heterocycles. The largest absolute Gasteiger partial charge is 0.443 e. The molecule has 2 heterocycles. The molecule has 0 aromatic heterocycles. The van der Waals surface area contributed by atoms with E-state index in [0.717, 1.165) is 24.1 Å². The van der Waals surface area contributed by atoms with Crippen LogP contribution in [-0.4, -0.2) is 69.6 Å². The zero-order valence-corrected chi connectivity index (χ0v) is 22.5. The summed E-state index contributed by atoms with van der Waals surface area (Å²) >= 11 is 0. The lowest BCUT2D eigenvalue weighted by atomic mass is 9.99. The van der Waals surface area contributed by atoms with Crippen molar-refractivity contribution in [1.82, 2.24) is 9.62 Å². The van der Waals surface area contributed by atoms with E-state index in [1.165, 1.54) is 16.4 Å². The number of alkyl carbamates (subject to hydrolysis) is 1. The second-order valence-corrected chi connectivity index (χ2v) is 12.2. The zero-order chi connectivity index (χ0) is 27.3. The van der Waals surface area contributed by atoms with Crippen LogP contribution in [0.25, 0.3) is 0 Å². The van der Waals surface area contributed by atoms with Crippen molar-refractivity contribution in [2.75, 3.05) is 26.3 Å². The van der Waals surface area contributed by atoms with Gasteiger partial charge in [0.2, 0.25) is 10.0 Å². The number of nitrogens with two attached hydrogens (primary N) is 1. The molecule has 2 aliphatic heterocycles. The molecule has 208 valence electrons. The van der Waals surface area contributed by atoms with E-state index < -0.39 is 40.1 Å². The molecule has 38 heavy (non-hydrogen) atoms. The molecule has 2 aromatic carbocycles. The predicted octanol–water partition coefficient (Wildman–Crippen LogP) is 2.90. The van der Waals surface area contributed by atoms with Crippen LogP contribution in [0.5, 0.6) is 0 Å². The molecule has 0 radical (unpaired) electrons. The molecule has 4 rings (SSSR count). The molecule has 5 atom stereocenters. The van der Waals surface area contributed by atoms with Crippen LogP contribution >= 0.6 is 0 Å². The second-order valence-electron chi connectivity index (χ2n) is 10.2. The Balaban J connectivity index is 1.51. The molecule has 9 nitrogen and oxygen atoms in total. The minimum atomic E-state index is -3.96. The molecule has 1 amide bonds. The Morgan fingerprint density at radius 3 is 2.53 bits per heavy atom. The number of ether oxygens (including phenoxy) is 3. The molecule has 11 heteroatoms. The van der Waals surface area contributed by atoms with Crippen molar-refractivity contribution in [3.63, 3.8) is 0 Å². The first-order valence-electron chi connectivity index (χ1n) is 12.9. The normalized spacial score (nSPS) is 22.8. The maximum atomic E-state index is 13.5. The van der Waals surface area contributed by atoms with Gasteiger partial charge in [0.15, 0.2) is 6.29 Å². The number of halogens is 1. The summed E-state index contributed by atoms with van der Waals surface area (Å²) in [7, 11) is -3.96. The summed E-state index contributed by atoms with van der Waals surface area (Å²) in [6.07, 6.45) is -0.288. The first-order chi connectivity index (χ1) is 18.1. The highest BCUT2D eigenvalue weighted by Gasteiger charge is 2.44. The Labute approximate surface area is 223 Å². The fourth-order valence-corrected chi connectivity index (χ4v) is 6.48. The van der Waals surface area contributed by atoms with Gasteiger partial charge in [-0.3, -0.25) is 0 Å². The Hall–Kier alpha value is -2.57. The maximum Gasteiger partial charge on any atom is 0.407 e. The lowest BCUT2D eigenvalue weighted by molar-refractivity contribution is -0.0907. The highest BCUT2D eigenvalue weighted by molar-refractivity contribution is 7.89. The van der Waals surface area contributed by atoms with E-state index >= 15 is 0 Å². The number of sulfonamides is 1. The van der Waals surface area contributed by atoms with Crippen LogP contribution in [0.2, 0.25) is 0 Å². The Kier molecular flexibility index (Phi) is 9.37. The van der Waals surface area contributed by atoms with E-state index in [-0.39, 0.29) is 42.7 Å². The van der Waals surface area contributed by atoms with E-state index in [9.17, 15) is 17.6 Å². The van der Waals surface area contributed by atoms with Gasteiger partial charge in [0, 0.05) is 19.1 Å². The van der Waals surface area contributed by atoms with E-state index in [2.05, 4.69) is 5.32 Å². The molecule has 0 spiro atoms. The van der Waals surface area contributed by atoms with Crippen molar-refractivity contribution in [3.05, 3.63) is 66.0 Å². The van der Waals surface area contributed by atoms with Gasteiger partial charge in [-0.2, -0.15) is 4.31 Å². The van der Waals surface area contributed by atoms with Gasteiger partial charge < -0.3 is 25.3 Å². The van der Waals surface area contributed by atoms with Crippen molar-refractivity contribution in [1.29, 1.82) is 0 Å². The van der Waals surface area contributed by atoms with Gasteiger partial charge in [-0.05, 0) is 48.6 Å². The van der Waals surface area contributed by atoms with Crippen molar-refractivity contribution in [2.24, 2.45) is 17.6 Å². The standard InChI is InChI=1S/C27H36FN3O6S/c1-18(2)15-31(38(33,34)21-10-8-20(28)9-11-21)16-23(29)24(14-19-6-4-3-5-7-19)30-27(32)37-25-17-36-26-22(25)12-13-35-26/h3-11,18,22-26H,12-17,29H2,1-2H3,(H,30,32)/t22-,23+,24-,25-,26+/m0/s1. The van der Waals surface area contributed by atoms with Crippen LogP contribution in [0, 0.1) is 17.7 Å². The molecular formula is C27H36FN3O6S. The van der Waals surface area contributed by atoms with Crippen molar-refractivity contribution in [2.45, 2.75) is 56.1 Å². The van der Waals surface area contributed by atoms with Gasteiger partial charge in [-0.15, -0.1) is 0 Å². The van der Waals surface area contributed by atoms with Crippen LogP contribution in [0.4, 0.5) is 9.18 Å². The van der Waals surface area contributed by atoms with Crippen molar-refractivity contribution >= 4 is 16.1 Å². The van der Waals surface area contributed by atoms with Gasteiger partial charge in [-0.1, -0.05) is 44.2 Å². The number of nitrogens with one attached hydrogen (secondary N) is 1. The highest BCUT2D eigenvalue weighted by atomic mass is 32.2. The van der Waals surface area contributed by atoms with Gasteiger partial charge in [0.25, 0.3) is 0 Å². The monoisotopic (exact) mass is 549 g/mol. The number of nitrogens with zero attached hydrogens (tertiary/aromatic N) is 1. The minimum absolute atomic E-state index is 0.00636. The predicted molar refractivity (Wildman–Crippen MR) is 139 cm³/mol. The third-order valence-electron chi connectivity index (χ3n) is 6.80. The molecule has 3 N–H and O–H groups in total. The second kappa shape index (κ2) is 12.5. The zero-order valence-electron chi connectivity index (χ0n) is 21.7. The van der Waals surface area contributed by atoms with E-state index in [4.69, 9.17) is 19.9 Å². The number of hydrogen-bond donors (Lipinski definition) is 2. The Morgan fingerprint density at radius 2 is 1.84 bits per heavy atom. The summed E-state index contributed by atoms with van der Waals surface area (Å²) in [5, 5.41) is 2.88. The van der Waals surface area contributed by atoms with Gasteiger partial charge in [0.1, 0.15) is 11.9 Å². The Morgan fingerprint density at radius 1 is 1.13 bits per heavy atom. The van der Waals surface area contributed by atoms with Crippen molar-refractivity contribution < 1.29 is 31.8 Å². The lowest BCUT2D eigenvalue weighted by Gasteiger charge is -2.31. The number of carbonyl (C=O) groups is 1. The summed E-state index contributed by atoms with van der Waals surface area (Å²) in [5.74, 6) is -0.527. The van der Waals surface area contributed by atoms with Crippen LogP contribution < -0.4 is 11.1 Å². The van der Waals surface area contributed by atoms with E-state index in [0.29, 0.717) is 13.0 Å². The minimum Gasteiger partial charge on any atom is -0.443 e. The van der Waals surface area contributed by atoms with E-state index in [1.807, 2.05) is 44.2 Å². The summed E-state index contributed by atoms with van der Waals surface area (Å²) < 4.78 is 58.4. The van der Waals surface area contributed by atoms with Crippen LogP contribution in [0.1, 0.15) is 25.8 Å². The molecule has 0 saturated carbocycles. The summed E-state index contributed by atoms with van der Waals surface area (Å²) in [6, 6.07) is 12.8. The van der Waals surface area contributed by atoms with Gasteiger partial charge in [0.05, 0.1) is 30.1 Å². The Bertz CT molecular complexity index is 1170. The quantitative estimate of drug-likeness (QED) is 0.442. The lowest BCUT2D eigenvalue weighted by Crippen LogP contribution is -2.55. The van der Waals surface area contributed by atoms with Crippen molar-refractivity contribution in [3.8, 4) is 0 Å². The average molecular weight is 550 g/mol. The summed E-state index contributed by atoms with van der Waals surface area (Å²) in [4.78, 5) is 12.9. The maximum absolute atomic E-state index is 13.5. The highest BCUT2D eigenvalue weighted by Crippen LogP contribution is 2.33. The summed E-state index contributed by atoms with van der Waals surface area (Å²) in [5.41, 5.74) is 7.53. The van der Waals surface area contributed by atoms with Crippen LogP contribution in [0.3, 0.4) is 0 Å². The third-order valence-corrected chi connectivity index (χ3v) is 8.64. The molecule has 0 bridgehead atoms. The SMILES string of the molecule is CC(C)CN(C[C@@H](N)[C@H](Cc1ccccc1)NC(=O)O[C@H]1CO[C@H]2OCC[C@H]21)S(=O)(=O)c1ccc(F)cc1. The molecule has 2 aliphatic rings. The fraction of sp³-hybridized carbons (Fsp3) is 0.519. The molecular weight excluding hydrogens is 513 g/mol. The first-order valence-corrected chi connectivity index (χ1v) is 14.3. The average Bonchev–Trinajstić information content (AvgIpc) is 3.49. The number of rotatable bonds is 11. The van der Waals surface area contributed by atoms with Crippen LogP contribution in [-0.2, 0) is 30.7 Å². The number of fused-ring (bicyclic) bond motifs is 1. The smallest absolute Gasteiger partial charge is 0.407 e. The number of hydrogen-bond acceptors (Lipinski definition) is 7. The topological polar surface area (TPSA) is 120 Å². The number of benzene rings is 2. The molecule has 0 unspecified atom stereocenters. The van der Waals surface area contributed by atoms with E-state index in [1.54, 1.807) is 0 Å².